The third-order valence-electron chi connectivity index (χ3n) is 4.21. The Bertz CT molecular complexity index is 1160. The van der Waals surface area contributed by atoms with Crippen LogP contribution in [0.15, 0.2) is 48.7 Å². The Kier molecular flexibility index (Phi) is 3.63. The Labute approximate surface area is 150 Å². The number of hydrogen-bond donors (Lipinski definition) is 2. The van der Waals surface area contributed by atoms with Gasteiger partial charge in [0.25, 0.3) is 0 Å². The molecule has 0 aliphatic rings. The van der Waals surface area contributed by atoms with Gasteiger partial charge in [0.15, 0.2) is 0 Å². The van der Waals surface area contributed by atoms with E-state index in [1.165, 1.54) is 0 Å². The second-order valence-corrected chi connectivity index (χ2v) is 6.24. The first kappa shape index (κ1) is 15.8. The number of anilines is 1. The van der Waals surface area contributed by atoms with Gasteiger partial charge in [0.1, 0.15) is 11.8 Å². The van der Waals surface area contributed by atoms with Gasteiger partial charge >= 0.3 is 5.65 Å². The minimum absolute atomic E-state index is 0.449. The van der Waals surface area contributed by atoms with Crippen molar-refractivity contribution in [2.24, 2.45) is 0 Å². The highest BCUT2D eigenvalue weighted by molar-refractivity contribution is 5.89. The van der Waals surface area contributed by atoms with E-state index in [4.69, 9.17) is 5.73 Å². The maximum absolute atomic E-state index is 9.24. The molecule has 0 spiro atoms. The molecule has 3 N–H and O–H groups in total. The Morgan fingerprint density at radius 3 is 2.54 bits per heavy atom. The van der Waals surface area contributed by atoms with Crippen LogP contribution in [0, 0.1) is 25.2 Å². The zero-order valence-corrected chi connectivity index (χ0v) is 14.5. The number of nitrogen functional groups attached to an aromatic ring is 1. The average molecular weight is 341 g/mol. The van der Waals surface area contributed by atoms with Gasteiger partial charge in [-0.25, -0.2) is 5.10 Å². The van der Waals surface area contributed by atoms with Crippen LogP contribution in [0.3, 0.4) is 0 Å². The smallest absolute Gasteiger partial charge is 0.358 e. The van der Waals surface area contributed by atoms with Crippen LogP contribution in [0.25, 0.3) is 28.0 Å². The van der Waals surface area contributed by atoms with Crippen LogP contribution >= 0.6 is 0 Å². The second kappa shape index (κ2) is 5.97. The lowest BCUT2D eigenvalue weighted by Crippen LogP contribution is -2.23. The summed E-state index contributed by atoms with van der Waals surface area (Å²) in [5, 5.41) is 12.6. The van der Waals surface area contributed by atoms with E-state index < -0.39 is 0 Å². The van der Waals surface area contributed by atoms with Crippen molar-refractivity contribution in [1.29, 1.82) is 5.26 Å². The molecule has 0 amide bonds. The van der Waals surface area contributed by atoms with Crippen LogP contribution in [0.1, 0.15) is 17.0 Å². The molecule has 0 atom stereocenters. The summed E-state index contributed by atoms with van der Waals surface area (Å²) in [5.74, 6) is 0.449. The van der Waals surface area contributed by atoms with E-state index in [1.807, 2.05) is 54.9 Å². The van der Waals surface area contributed by atoms with E-state index in [0.29, 0.717) is 11.4 Å². The van der Waals surface area contributed by atoms with Crippen molar-refractivity contribution in [3.8, 4) is 28.5 Å². The zero-order chi connectivity index (χ0) is 18.3. The van der Waals surface area contributed by atoms with Crippen LogP contribution in [-0.2, 0) is 0 Å². The monoisotopic (exact) mass is 341 g/mol. The fraction of sp³-hybridized carbons (Fsp3) is 0.100. The number of nitrogens with two attached hydrogens (primary N) is 1. The lowest BCUT2D eigenvalue weighted by molar-refractivity contribution is -0.577. The summed E-state index contributed by atoms with van der Waals surface area (Å²) in [6.07, 6.45) is 1.85. The summed E-state index contributed by atoms with van der Waals surface area (Å²) in [4.78, 5) is 8.99. The number of nitrogens with one attached hydrogen (secondary N) is 1. The van der Waals surface area contributed by atoms with Gasteiger partial charge in [-0.15, -0.1) is 4.52 Å². The molecule has 1 aromatic carbocycles. The second-order valence-electron chi connectivity index (χ2n) is 6.24. The van der Waals surface area contributed by atoms with Gasteiger partial charge in [0.2, 0.25) is 5.82 Å². The topological polar surface area (TPSA) is 95.5 Å². The Morgan fingerprint density at radius 2 is 1.81 bits per heavy atom. The van der Waals surface area contributed by atoms with Crippen LogP contribution < -0.4 is 10.2 Å². The number of nitriles is 1. The highest BCUT2D eigenvalue weighted by Gasteiger charge is 2.24. The predicted molar refractivity (Wildman–Crippen MR) is 99.0 cm³/mol. The number of H-pyrrole nitrogens is 1. The van der Waals surface area contributed by atoms with Gasteiger partial charge in [-0.1, -0.05) is 12.1 Å². The van der Waals surface area contributed by atoms with E-state index in [-0.39, 0.29) is 0 Å². The van der Waals surface area contributed by atoms with Gasteiger partial charge < -0.3 is 5.73 Å². The number of nitrogens with zero attached hydrogens (tertiary/aromatic N) is 4. The molecule has 4 aromatic rings. The average Bonchev–Trinajstić information content (AvgIpc) is 2.99. The number of fused-ring (bicyclic) bond motifs is 1. The molecule has 0 radical (unpaired) electrons. The highest BCUT2D eigenvalue weighted by Crippen LogP contribution is 2.33. The molecule has 4 rings (SSSR count). The molecule has 26 heavy (non-hydrogen) atoms. The van der Waals surface area contributed by atoms with Gasteiger partial charge in [0.05, 0.1) is 17.3 Å². The third-order valence-corrected chi connectivity index (χ3v) is 4.21. The Balaban J connectivity index is 2.08. The van der Waals surface area contributed by atoms with Crippen molar-refractivity contribution >= 4 is 11.5 Å². The van der Waals surface area contributed by atoms with Crippen LogP contribution in [0.4, 0.5) is 5.82 Å². The standard InChI is InChI=1S/C20H16N6/c1-12-8-16(9-13(2)23-12)18-19(15-5-3-4-14(10-15)11-21)25-26-7-6-17(22)24-20(18)26/h3-10H,1-2H3,(H2,22,23,24,25)/p+1. The number of aromatic nitrogens is 4. The first-order chi connectivity index (χ1) is 12.5. The van der Waals surface area contributed by atoms with E-state index >= 15 is 0 Å². The number of aromatic amines is 1. The number of aryl methyl sites for hydroxylation is 2. The first-order valence-electron chi connectivity index (χ1n) is 8.21. The van der Waals surface area contributed by atoms with Gasteiger partial charge in [0, 0.05) is 23.0 Å². The van der Waals surface area contributed by atoms with E-state index in [2.05, 4.69) is 21.1 Å². The predicted octanol–water partition coefficient (Wildman–Crippen LogP) is 2.95. The van der Waals surface area contributed by atoms with Crippen LogP contribution in [0.2, 0.25) is 0 Å². The van der Waals surface area contributed by atoms with E-state index in [9.17, 15) is 5.26 Å². The molecule has 3 heterocycles. The molecule has 0 aliphatic heterocycles. The molecule has 0 bridgehead atoms. The fourth-order valence-corrected chi connectivity index (χ4v) is 3.20. The van der Waals surface area contributed by atoms with E-state index in [0.717, 1.165) is 39.4 Å². The van der Waals surface area contributed by atoms with Crippen LogP contribution in [-0.4, -0.2) is 15.1 Å². The molecule has 6 nitrogen and oxygen atoms in total. The van der Waals surface area contributed by atoms with Crippen molar-refractivity contribution in [2.45, 2.75) is 13.8 Å². The normalized spacial score (nSPS) is 10.8. The zero-order valence-electron chi connectivity index (χ0n) is 14.5. The van der Waals surface area contributed by atoms with Gasteiger partial charge in [-0.05, 0) is 48.7 Å². The molecule has 0 unspecified atom stereocenters. The molecular formula is C20H17N6+. The van der Waals surface area contributed by atoms with Crippen LogP contribution in [0.5, 0.6) is 0 Å². The van der Waals surface area contributed by atoms with Crippen molar-refractivity contribution in [1.82, 2.24) is 15.1 Å². The fourth-order valence-electron chi connectivity index (χ4n) is 3.20. The molecular weight excluding hydrogens is 324 g/mol. The molecule has 126 valence electrons. The lowest BCUT2D eigenvalue weighted by Gasteiger charge is -2.05. The number of hydrogen-bond acceptors (Lipinski definition) is 4. The molecule has 0 fully saturated rings. The number of pyridine rings is 1. The van der Waals surface area contributed by atoms with Crippen molar-refractivity contribution < 1.29 is 4.52 Å². The largest absolute Gasteiger partial charge is 0.363 e. The van der Waals surface area contributed by atoms with Crippen molar-refractivity contribution in [3.05, 3.63) is 65.6 Å². The Morgan fingerprint density at radius 1 is 1.04 bits per heavy atom. The molecule has 0 saturated carbocycles. The molecule has 3 aromatic heterocycles. The van der Waals surface area contributed by atoms with Gasteiger partial charge in [-0.2, -0.15) is 5.26 Å². The molecule has 0 aliphatic carbocycles. The number of benzene rings is 1. The summed E-state index contributed by atoms with van der Waals surface area (Å²) in [5.41, 5.74) is 12.9. The minimum atomic E-state index is 0.449. The maximum atomic E-state index is 9.24. The minimum Gasteiger partial charge on any atom is -0.363 e. The summed E-state index contributed by atoms with van der Waals surface area (Å²) >= 11 is 0. The maximum Gasteiger partial charge on any atom is 0.358 e. The summed E-state index contributed by atoms with van der Waals surface area (Å²) in [6, 6.07) is 15.5. The Hall–Kier alpha value is -3.72. The quantitative estimate of drug-likeness (QED) is 0.548. The number of rotatable bonds is 2. The first-order valence-corrected chi connectivity index (χ1v) is 8.21. The highest BCUT2D eigenvalue weighted by atomic mass is 15.3. The van der Waals surface area contributed by atoms with E-state index in [1.54, 1.807) is 12.1 Å². The van der Waals surface area contributed by atoms with Crippen molar-refractivity contribution in [3.63, 3.8) is 0 Å². The molecule has 6 heteroatoms. The van der Waals surface area contributed by atoms with Gasteiger partial charge in [-0.3, -0.25) is 4.98 Å². The van der Waals surface area contributed by atoms with Crippen molar-refractivity contribution in [2.75, 3.05) is 5.73 Å². The summed E-state index contributed by atoms with van der Waals surface area (Å²) < 4.78 is 1.84. The third kappa shape index (κ3) is 2.66. The summed E-state index contributed by atoms with van der Waals surface area (Å²) in [7, 11) is 0. The molecule has 0 saturated heterocycles. The SMILES string of the molecule is Cc1cc(-c2c(-c3cccc(C#N)c3)[nH][n+]3ccc(N)nc23)cc(C)n1. The lowest BCUT2D eigenvalue weighted by atomic mass is 9.99. The summed E-state index contributed by atoms with van der Waals surface area (Å²) in [6.45, 7) is 3.94.